The molecule has 0 saturated heterocycles. The van der Waals surface area contributed by atoms with Gasteiger partial charge in [0.2, 0.25) is 0 Å². The highest BCUT2D eigenvalue weighted by atomic mass is 16.5. The van der Waals surface area contributed by atoms with E-state index >= 15 is 0 Å². The van der Waals surface area contributed by atoms with E-state index in [9.17, 15) is 0 Å². The molecule has 0 aliphatic heterocycles. The molecule has 0 fully saturated rings. The van der Waals surface area contributed by atoms with E-state index < -0.39 is 0 Å². The third-order valence-electron chi connectivity index (χ3n) is 3.40. The van der Waals surface area contributed by atoms with Crippen LogP contribution in [-0.4, -0.2) is 16.4 Å². The van der Waals surface area contributed by atoms with Crippen LogP contribution in [0.5, 0.6) is 5.75 Å². The minimum absolute atomic E-state index is 0.214. The number of benzene rings is 2. The highest BCUT2D eigenvalue weighted by Gasteiger charge is 2.20. The summed E-state index contributed by atoms with van der Waals surface area (Å²) in [5.74, 6) is 3.24. The first-order valence-corrected chi connectivity index (χ1v) is 7.05. The summed E-state index contributed by atoms with van der Waals surface area (Å²) in [5.41, 5.74) is 3.78. The lowest BCUT2D eigenvalue weighted by molar-refractivity contribution is 0.373. The number of aryl methyl sites for hydroxylation is 1. The zero-order chi connectivity index (χ0) is 15.4. The van der Waals surface area contributed by atoms with Gasteiger partial charge in [0.1, 0.15) is 18.0 Å². The number of ether oxygens (including phenoxy) is 1. The van der Waals surface area contributed by atoms with Gasteiger partial charge in [-0.05, 0) is 0 Å². The van der Waals surface area contributed by atoms with Crippen LogP contribution in [0.15, 0.2) is 60.7 Å². The maximum absolute atomic E-state index is 5.83. The summed E-state index contributed by atoms with van der Waals surface area (Å²) in [6, 6.07) is 20.0. The molecular formula is C19H16N2O. The Kier molecular flexibility index (Phi) is 3.93. The van der Waals surface area contributed by atoms with E-state index in [2.05, 4.69) is 11.0 Å². The van der Waals surface area contributed by atoms with Gasteiger partial charge in [0.25, 0.3) is 0 Å². The van der Waals surface area contributed by atoms with Crippen molar-refractivity contribution in [2.45, 2.75) is 0 Å². The zero-order valence-corrected chi connectivity index (χ0v) is 12.4. The summed E-state index contributed by atoms with van der Waals surface area (Å²) in [4.78, 5) is 0. The molecule has 3 rings (SSSR count). The van der Waals surface area contributed by atoms with E-state index in [1.807, 2.05) is 72.4 Å². The molecule has 3 aromatic rings. The maximum Gasteiger partial charge on any atom is 0.174 e. The topological polar surface area (TPSA) is 27.1 Å². The van der Waals surface area contributed by atoms with Crippen LogP contribution in [0.4, 0.5) is 0 Å². The number of terminal acetylenes is 1. The lowest BCUT2D eigenvalue weighted by atomic mass is 10.1. The van der Waals surface area contributed by atoms with Gasteiger partial charge < -0.3 is 4.74 Å². The Hall–Kier alpha value is -2.99. The predicted molar refractivity (Wildman–Crippen MR) is 88.4 cm³/mol. The van der Waals surface area contributed by atoms with E-state index in [0.29, 0.717) is 0 Å². The van der Waals surface area contributed by atoms with E-state index in [0.717, 1.165) is 28.3 Å². The Morgan fingerprint density at radius 3 is 2.18 bits per heavy atom. The first-order valence-electron chi connectivity index (χ1n) is 7.05. The van der Waals surface area contributed by atoms with Crippen molar-refractivity contribution in [1.82, 2.24) is 9.78 Å². The van der Waals surface area contributed by atoms with Gasteiger partial charge >= 0.3 is 0 Å². The van der Waals surface area contributed by atoms with E-state index in [4.69, 9.17) is 11.2 Å². The lowest BCUT2D eigenvalue weighted by Gasteiger charge is -2.07. The molecule has 0 radical (unpaired) electrons. The van der Waals surface area contributed by atoms with Crippen LogP contribution in [0.3, 0.4) is 0 Å². The van der Waals surface area contributed by atoms with Crippen molar-refractivity contribution >= 4 is 0 Å². The Morgan fingerprint density at radius 2 is 1.59 bits per heavy atom. The van der Waals surface area contributed by atoms with Crippen molar-refractivity contribution in [1.29, 1.82) is 0 Å². The molecule has 0 spiro atoms. The number of rotatable bonds is 4. The van der Waals surface area contributed by atoms with Gasteiger partial charge in [0.05, 0.1) is 0 Å². The Morgan fingerprint density at radius 1 is 1.00 bits per heavy atom. The number of hydrogen-bond acceptors (Lipinski definition) is 2. The van der Waals surface area contributed by atoms with Gasteiger partial charge in [-0.2, -0.15) is 5.10 Å². The highest BCUT2D eigenvalue weighted by Crippen LogP contribution is 2.38. The van der Waals surface area contributed by atoms with Crippen LogP contribution in [-0.2, 0) is 7.05 Å². The van der Waals surface area contributed by atoms with Crippen molar-refractivity contribution in [2.24, 2.45) is 7.05 Å². The van der Waals surface area contributed by atoms with Gasteiger partial charge in [-0.1, -0.05) is 66.6 Å². The number of hydrogen-bond donors (Lipinski definition) is 0. The third-order valence-corrected chi connectivity index (χ3v) is 3.40. The monoisotopic (exact) mass is 288 g/mol. The fourth-order valence-electron chi connectivity index (χ4n) is 2.45. The van der Waals surface area contributed by atoms with Crippen molar-refractivity contribution < 1.29 is 4.74 Å². The lowest BCUT2D eigenvalue weighted by Crippen LogP contribution is -1.97. The minimum atomic E-state index is 0.214. The molecular weight excluding hydrogens is 272 g/mol. The second-order valence-corrected chi connectivity index (χ2v) is 4.87. The molecule has 22 heavy (non-hydrogen) atoms. The standard InChI is InChI=1S/C19H16N2O/c1-3-14-22-19-17(15-10-6-4-7-11-15)20-21(2)18(19)16-12-8-5-9-13-16/h1,4-13H,14H2,2H3. The van der Waals surface area contributed by atoms with Crippen molar-refractivity contribution in [2.75, 3.05) is 6.61 Å². The van der Waals surface area contributed by atoms with Crippen LogP contribution in [0.1, 0.15) is 0 Å². The second kappa shape index (κ2) is 6.19. The van der Waals surface area contributed by atoms with E-state index in [1.165, 1.54) is 0 Å². The molecule has 0 unspecified atom stereocenters. The van der Waals surface area contributed by atoms with Gasteiger partial charge in [-0.3, -0.25) is 4.68 Å². The van der Waals surface area contributed by atoms with Gasteiger partial charge in [-0.25, -0.2) is 0 Å². The molecule has 1 heterocycles. The van der Waals surface area contributed by atoms with E-state index in [1.54, 1.807) is 0 Å². The minimum Gasteiger partial charge on any atom is -0.476 e. The molecule has 0 aliphatic rings. The summed E-state index contributed by atoms with van der Waals surface area (Å²) in [6.07, 6.45) is 5.36. The molecule has 0 atom stereocenters. The van der Waals surface area contributed by atoms with Crippen LogP contribution in [0.2, 0.25) is 0 Å². The maximum atomic E-state index is 5.83. The first kappa shape index (κ1) is 14.0. The summed E-state index contributed by atoms with van der Waals surface area (Å²) >= 11 is 0. The quantitative estimate of drug-likeness (QED) is 0.683. The molecule has 0 amide bonds. The van der Waals surface area contributed by atoms with Crippen molar-refractivity contribution in [3.05, 3.63) is 60.7 Å². The van der Waals surface area contributed by atoms with Crippen molar-refractivity contribution in [3.8, 4) is 40.6 Å². The third kappa shape index (κ3) is 2.59. The second-order valence-electron chi connectivity index (χ2n) is 4.87. The molecule has 3 nitrogen and oxygen atoms in total. The Balaban J connectivity index is 2.18. The molecule has 1 aromatic heterocycles. The molecule has 0 saturated carbocycles. The predicted octanol–water partition coefficient (Wildman–Crippen LogP) is 3.77. The fraction of sp³-hybridized carbons (Fsp3) is 0.105. The highest BCUT2D eigenvalue weighted by molar-refractivity contribution is 5.78. The Bertz CT molecular complexity index is 799. The fourth-order valence-corrected chi connectivity index (χ4v) is 2.45. The van der Waals surface area contributed by atoms with Gasteiger partial charge in [-0.15, -0.1) is 6.42 Å². The number of nitrogens with zero attached hydrogens (tertiary/aromatic N) is 2. The Labute approximate surface area is 130 Å². The summed E-state index contributed by atoms with van der Waals surface area (Å²) in [7, 11) is 1.91. The molecule has 2 aromatic carbocycles. The SMILES string of the molecule is C#CCOc1c(-c2ccccc2)nn(C)c1-c1ccccc1. The number of aromatic nitrogens is 2. The molecule has 108 valence electrons. The average molecular weight is 288 g/mol. The molecule has 3 heteroatoms. The molecule has 0 bridgehead atoms. The van der Waals surface area contributed by atoms with Gasteiger partial charge in [0, 0.05) is 18.2 Å². The molecule has 0 N–H and O–H groups in total. The molecule has 0 aliphatic carbocycles. The van der Waals surface area contributed by atoms with Crippen LogP contribution in [0.25, 0.3) is 22.5 Å². The zero-order valence-electron chi connectivity index (χ0n) is 12.4. The summed E-state index contributed by atoms with van der Waals surface area (Å²) in [5, 5.41) is 4.63. The van der Waals surface area contributed by atoms with Crippen LogP contribution >= 0.6 is 0 Å². The normalized spacial score (nSPS) is 10.2. The van der Waals surface area contributed by atoms with Crippen LogP contribution < -0.4 is 4.74 Å². The average Bonchev–Trinajstić information content (AvgIpc) is 2.91. The summed E-state index contributed by atoms with van der Waals surface area (Å²) in [6.45, 7) is 0.214. The van der Waals surface area contributed by atoms with Gasteiger partial charge in [0.15, 0.2) is 5.75 Å². The smallest absolute Gasteiger partial charge is 0.174 e. The first-order chi connectivity index (χ1) is 10.8. The van der Waals surface area contributed by atoms with Crippen molar-refractivity contribution in [3.63, 3.8) is 0 Å². The van der Waals surface area contributed by atoms with E-state index in [-0.39, 0.29) is 6.61 Å². The summed E-state index contributed by atoms with van der Waals surface area (Å²) < 4.78 is 7.66. The van der Waals surface area contributed by atoms with Crippen LogP contribution in [0, 0.1) is 12.3 Å². The largest absolute Gasteiger partial charge is 0.476 e.